The molecule has 0 unspecified atom stereocenters. The summed E-state index contributed by atoms with van der Waals surface area (Å²) in [7, 11) is -3.21. The number of rotatable bonds is 10. The normalized spacial score (nSPS) is 15.7. The first-order valence-electron chi connectivity index (χ1n) is 9.57. The molecule has 7 heteroatoms. The second kappa shape index (κ2) is 10.6. The Morgan fingerprint density at radius 2 is 1.81 bits per heavy atom. The van der Waals surface area contributed by atoms with Gasteiger partial charge in [-0.1, -0.05) is 31.9 Å². The summed E-state index contributed by atoms with van der Waals surface area (Å²) < 4.78 is 26.2. The van der Waals surface area contributed by atoms with Crippen molar-refractivity contribution < 1.29 is 13.2 Å². The van der Waals surface area contributed by atoms with E-state index in [0.717, 1.165) is 37.3 Å². The van der Waals surface area contributed by atoms with E-state index in [1.807, 2.05) is 31.2 Å². The lowest BCUT2D eigenvalue weighted by atomic mass is 10.1. The lowest BCUT2D eigenvalue weighted by molar-refractivity contribution is -0.116. The van der Waals surface area contributed by atoms with E-state index in [9.17, 15) is 13.2 Å². The zero-order valence-electron chi connectivity index (χ0n) is 15.7. The predicted molar refractivity (Wildman–Crippen MR) is 106 cm³/mol. The van der Waals surface area contributed by atoms with Crippen molar-refractivity contribution in [1.82, 2.24) is 9.62 Å². The number of carbonyl (C=O) groups excluding carboxylic acids is 1. The van der Waals surface area contributed by atoms with Crippen molar-refractivity contribution in [2.75, 3.05) is 30.7 Å². The van der Waals surface area contributed by atoms with Gasteiger partial charge in [-0.25, -0.2) is 13.1 Å². The second-order valence-corrected chi connectivity index (χ2v) is 8.82. The van der Waals surface area contributed by atoms with E-state index in [-0.39, 0.29) is 18.2 Å². The SMILES string of the molecule is CCCCS(=O)(=O)NCc1ccc(NC(=O)CCN2CCCCC2)cc1. The number of hydrogen-bond acceptors (Lipinski definition) is 4. The van der Waals surface area contributed by atoms with Crippen LogP contribution in [-0.4, -0.2) is 44.6 Å². The Hall–Kier alpha value is -1.44. The van der Waals surface area contributed by atoms with Crippen LogP contribution in [0.5, 0.6) is 0 Å². The number of unbranched alkanes of at least 4 members (excludes halogenated alkanes) is 1. The number of carbonyl (C=O) groups is 1. The number of piperidine rings is 1. The van der Waals surface area contributed by atoms with Gasteiger partial charge < -0.3 is 10.2 Å². The van der Waals surface area contributed by atoms with Crippen LogP contribution in [0.3, 0.4) is 0 Å². The first-order valence-corrected chi connectivity index (χ1v) is 11.2. The van der Waals surface area contributed by atoms with Crippen molar-refractivity contribution in [3.63, 3.8) is 0 Å². The van der Waals surface area contributed by atoms with Crippen LogP contribution in [0.4, 0.5) is 5.69 Å². The lowest BCUT2D eigenvalue weighted by Crippen LogP contribution is -2.32. The van der Waals surface area contributed by atoms with Crippen LogP contribution in [0.1, 0.15) is 51.0 Å². The number of hydrogen-bond donors (Lipinski definition) is 2. The summed E-state index contributed by atoms with van der Waals surface area (Å²) in [6.07, 6.45) is 5.77. The standard InChI is InChI=1S/C19H31N3O3S/c1-2-3-15-26(24,25)20-16-17-7-9-18(10-8-17)21-19(23)11-14-22-12-5-4-6-13-22/h7-10,20H,2-6,11-16H2,1H3,(H,21,23). The van der Waals surface area contributed by atoms with E-state index in [0.29, 0.717) is 12.8 Å². The van der Waals surface area contributed by atoms with E-state index in [4.69, 9.17) is 0 Å². The van der Waals surface area contributed by atoms with Gasteiger partial charge in [-0.05, 0) is 50.0 Å². The Bertz CT molecular complexity index is 653. The first-order chi connectivity index (χ1) is 12.5. The summed E-state index contributed by atoms with van der Waals surface area (Å²) in [5.74, 6) is 0.179. The van der Waals surface area contributed by atoms with Crippen LogP contribution in [0.15, 0.2) is 24.3 Å². The third-order valence-electron chi connectivity index (χ3n) is 4.60. The molecule has 146 valence electrons. The summed E-state index contributed by atoms with van der Waals surface area (Å²) in [5, 5.41) is 2.90. The molecule has 0 bridgehead atoms. The highest BCUT2D eigenvalue weighted by molar-refractivity contribution is 7.89. The van der Waals surface area contributed by atoms with E-state index in [1.165, 1.54) is 19.3 Å². The minimum absolute atomic E-state index is 0.0172. The monoisotopic (exact) mass is 381 g/mol. The van der Waals surface area contributed by atoms with E-state index in [2.05, 4.69) is 14.9 Å². The van der Waals surface area contributed by atoms with Crippen LogP contribution in [0, 0.1) is 0 Å². The minimum atomic E-state index is -3.21. The molecular formula is C19H31N3O3S. The highest BCUT2D eigenvalue weighted by Gasteiger charge is 2.12. The topological polar surface area (TPSA) is 78.5 Å². The molecule has 0 atom stereocenters. The van der Waals surface area contributed by atoms with Crippen molar-refractivity contribution in [1.29, 1.82) is 0 Å². The van der Waals surface area contributed by atoms with Gasteiger partial charge >= 0.3 is 0 Å². The molecule has 1 amide bonds. The Labute approximate surface area is 157 Å². The van der Waals surface area contributed by atoms with E-state index in [1.54, 1.807) is 0 Å². The number of amides is 1. The second-order valence-electron chi connectivity index (χ2n) is 6.89. The molecule has 0 saturated carbocycles. The van der Waals surface area contributed by atoms with Crippen molar-refractivity contribution in [2.45, 2.75) is 52.0 Å². The molecule has 0 radical (unpaired) electrons. The van der Waals surface area contributed by atoms with Gasteiger partial charge in [0.15, 0.2) is 0 Å². The molecule has 0 spiro atoms. The average molecular weight is 382 g/mol. The molecule has 6 nitrogen and oxygen atoms in total. The Balaban J connectivity index is 1.73. The Morgan fingerprint density at radius 3 is 2.46 bits per heavy atom. The summed E-state index contributed by atoms with van der Waals surface area (Å²) in [5.41, 5.74) is 1.61. The number of likely N-dealkylation sites (tertiary alicyclic amines) is 1. The number of nitrogens with one attached hydrogen (secondary N) is 2. The maximum atomic E-state index is 12.1. The van der Waals surface area contributed by atoms with Crippen LogP contribution in [-0.2, 0) is 21.4 Å². The van der Waals surface area contributed by atoms with Gasteiger partial charge in [-0.15, -0.1) is 0 Å². The molecule has 1 aliphatic heterocycles. The van der Waals surface area contributed by atoms with Gasteiger partial charge in [0.05, 0.1) is 5.75 Å². The molecule has 2 N–H and O–H groups in total. The largest absolute Gasteiger partial charge is 0.326 e. The summed E-state index contributed by atoms with van der Waals surface area (Å²) >= 11 is 0. The molecule has 1 heterocycles. The Morgan fingerprint density at radius 1 is 1.12 bits per heavy atom. The molecule has 1 saturated heterocycles. The summed E-state index contributed by atoms with van der Waals surface area (Å²) in [6, 6.07) is 7.30. The van der Waals surface area contributed by atoms with Gasteiger partial charge in [0.2, 0.25) is 15.9 Å². The number of nitrogens with zero attached hydrogens (tertiary/aromatic N) is 1. The van der Waals surface area contributed by atoms with Crippen LogP contribution < -0.4 is 10.0 Å². The quantitative estimate of drug-likeness (QED) is 0.653. The molecule has 1 fully saturated rings. The van der Waals surface area contributed by atoms with Gasteiger partial charge in [0.25, 0.3) is 0 Å². The number of sulfonamides is 1. The fourth-order valence-electron chi connectivity index (χ4n) is 2.97. The smallest absolute Gasteiger partial charge is 0.225 e. The predicted octanol–water partition coefficient (Wildman–Crippen LogP) is 2.72. The highest BCUT2D eigenvalue weighted by atomic mass is 32.2. The zero-order valence-corrected chi connectivity index (χ0v) is 16.5. The van der Waals surface area contributed by atoms with Crippen LogP contribution in [0.2, 0.25) is 0 Å². The molecule has 1 aliphatic rings. The fraction of sp³-hybridized carbons (Fsp3) is 0.632. The molecular weight excluding hydrogens is 350 g/mol. The van der Waals surface area contributed by atoms with Gasteiger partial charge in [-0.3, -0.25) is 4.79 Å². The summed E-state index contributed by atoms with van der Waals surface area (Å²) in [4.78, 5) is 14.4. The van der Waals surface area contributed by atoms with E-state index < -0.39 is 10.0 Å². The highest BCUT2D eigenvalue weighted by Crippen LogP contribution is 2.12. The third-order valence-corrected chi connectivity index (χ3v) is 6.01. The molecule has 26 heavy (non-hydrogen) atoms. The van der Waals surface area contributed by atoms with Gasteiger partial charge in [0, 0.05) is 25.2 Å². The van der Waals surface area contributed by atoms with Crippen molar-refractivity contribution >= 4 is 21.6 Å². The molecule has 0 aromatic heterocycles. The fourth-order valence-corrected chi connectivity index (χ4v) is 4.17. The van der Waals surface area contributed by atoms with Crippen molar-refractivity contribution in [2.24, 2.45) is 0 Å². The van der Waals surface area contributed by atoms with Crippen molar-refractivity contribution in [3.05, 3.63) is 29.8 Å². The van der Waals surface area contributed by atoms with Crippen molar-refractivity contribution in [3.8, 4) is 0 Å². The van der Waals surface area contributed by atoms with Crippen LogP contribution in [0.25, 0.3) is 0 Å². The van der Waals surface area contributed by atoms with Gasteiger partial charge in [0.1, 0.15) is 0 Å². The Kier molecular flexibility index (Phi) is 8.54. The van der Waals surface area contributed by atoms with E-state index >= 15 is 0 Å². The average Bonchev–Trinajstić information content (AvgIpc) is 2.65. The molecule has 0 aliphatic carbocycles. The molecule has 2 rings (SSSR count). The van der Waals surface area contributed by atoms with Crippen LogP contribution >= 0.6 is 0 Å². The third kappa shape index (κ3) is 7.85. The zero-order chi connectivity index (χ0) is 18.8. The lowest BCUT2D eigenvalue weighted by Gasteiger charge is -2.25. The first kappa shape index (κ1) is 20.9. The maximum Gasteiger partial charge on any atom is 0.225 e. The van der Waals surface area contributed by atoms with Gasteiger partial charge in [-0.2, -0.15) is 0 Å². The number of anilines is 1. The molecule has 1 aromatic carbocycles. The number of benzene rings is 1. The summed E-state index contributed by atoms with van der Waals surface area (Å²) in [6.45, 7) is 5.24. The maximum absolute atomic E-state index is 12.1. The minimum Gasteiger partial charge on any atom is -0.326 e. The molecule has 1 aromatic rings.